The smallest absolute Gasteiger partial charge is 0.337 e. The first-order valence-electron chi connectivity index (χ1n) is 5.92. The summed E-state index contributed by atoms with van der Waals surface area (Å²) in [7, 11) is 0. The number of hydrogen-bond acceptors (Lipinski definition) is 4. The molecule has 2 aromatic rings. The van der Waals surface area contributed by atoms with E-state index in [1.54, 1.807) is 24.4 Å². The lowest BCUT2D eigenvalue weighted by atomic mass is 10.1. The predicted molar refractivity (Wildman–Crippen MR) is 72.2 cm³/mol. The molecule has 0 aliphatic rings. The number of aromatic carboxylic acids is 1. The van der Waals surface area contributed by atoms with Crippen molar-refractivity contribution in [1.29, 1.82) is 0 Å². The van der Waals surface area contributed by atoms with Crippen LogP contribution in [0.15, 0.2) is 30.5 Å². The predicted octanol–water partition coefficient (Wildman–Crippen LogP) is 2.40. The van der Waals surface area contributed by atoms with E-state index in [-0.39, 0.29) is 5.56 Å². The van der Waals surface area contributed by atoms with Crippen molar-refractivity contribution in [2.24, 2.45) is 0 Å². The normalized spacial score (nSPS) is 10.2. The molecule has 0 aliphatic carbocycles. The topological polar surface area (TPSA) is 75.1 Å². The molecule has 0 spiro atoms. The molecule has 5 nitrogen and oxygen atoms in total. The van der Waals surface area contributed by atoms with Gasteiger partial charge in [0, 0.05) is 11.9 Å². The fraction of sp³-hybridized carbons (Fsp3) is 0.214. The van der Waals surface area contributed by atoms with E-state index in [4.69, 9.17) is 5.11 Å². The Morgan fingerprint density at radius 3 is 2.79 bits per heavy atom. The number of nitrogens with zero attached hydrogens (tertiary/aromatic N) is 2. The lowest BCUT2D eigenvalue weighted by Gasteiger charge is -2.10. The van der Waals surface area contributed by atoms with Gasteiger partial charge in [-0.3, -0.25) is 0 Å². The molecular formula is C14H15N3O2. The van der Waals surface area contributed by atoms with E-state index < -0.39 is 5.97 Å². The quantitative estimate of drug-likeness (QED) is 0.879. The lowest BCUT2D eigenvalue weighted by molar-refractivity contribution is 0.0698. The second kappa shape index (κ2) is 5.48. The second-order valence-electron chi connectivity index (χ2n) is 4.30. The van der Waals surface area contributed by atoms with E-state index in [9.17, 15) is 4.79 Å². The highest BCUT2D eigenvalue weighted by Crippen LogP contribution is 2.18. The lowest BCUT2D eigenvalue weighted by Crippen LogP contribution is -2.08. The number of aromatic nitrogens is 2. The number of nitrogens with one attached hydrogen (secondary N) is 1. The molecule has 2 rings (SSSR count). The molecule has 0 saturated carbocycles. The minimum atomic E-state index is -0.940. The fourth-order valence-corrected chi connectivity index (χ4v) is 1.78. The summed E-state index contributed by atoms with van der Waals surface area (Å²) in [5, 5.41) is 12.3. The Balaban J connectivity index is 2.17. The molecule has 0 aliphatic heterocycles. The third kappa shape index (κ3) is 3.28. The average Bonchev–Trinajstić information content (AvgIpc) is 2.37. The maximum absolute atomic E-state index is 11.2. The molecule has 0 amide bonds. The van der Waals surface area contributed by atoms with Crippen LogP contribution in [0, 0.1) is 13.8 Å². The van der Waals surface area contributed by atoms with Crippen LogP contribution in [-0.2, 0) is 6.54 Å². The van der Waals surface area contributed by atoms with Gasteiger partial charge in [-0.2, -0.15) is 0 Å². The van der Waals surface area contributed by atoms with Crippen LogP contribution in [-0.4, -0.2) is 21.0 Å². The van der Waals surface area contributed by atoms with E-state index in [0.29, 0.717) is 18.1 Å². The molecule has 0 unspecified atom stereocenters. The van der Waals surface area contributed by atoms with Crippen LogP contribution in [0.5, 0.6) is 0 Å². The summed E-state index contributed by atoms with van der Waals surface area (Å²) in [5.41, 5.74) is 2.60. The SMILES string of the molecule is Cc1ccc(NCc2ccnc(C)n2)c(C(=O)O)c1. The molecule has 98 valence electrons. The van der Waals surface area contributed by atoms with E-state index in [1.807, 2.05) is 19.9 Å². The van der Waals surface area contributed by atoms with Gasteiger partial charge in [0.25, 0.3) is 0 Å². The van der Waals surface area contributed by atoms with Gasteiger partial charge < -0.3 is 10.4 Å². The Labute approximate surface area is 111 Å². The van der Waals surface area contributed by atoms with Gasteiger partial charge in [-0.05, 0) is 32.0 Å². The van der Waals surface area contributed by atoms with Crippen molar-refractivity contribution in [3.8, 4) is 0 Å². The van der Waals surface area contributed by atoms with Crippen molar-refractivity contribution >= 4 is 11.7 Å². The van der Waals surface area contributed by atoms with Crippen molar-refractivity contribution in [2.75, 3.05) is 5.32 Å². The molecule has 0 radical (unpaired) electrons. The van der Waals surface area contributed by atoms with Gasteiger partial charge in [0.1, 0.15) is 5.82 Å². The fourth-order valence-electron chi connectivity index (χ4n) is 1.78. The number of anilines is 1. The van der Waals surface area contributed by atoms with Gasteiger partial charge in [0.15, 0.2) is 0 Å². The van der Waals surface area contributed by atoms with Crippen LogP contribution in [0.25, 0.3) is 0 Å². The summed E-state index contributed by atoms with van der Waals surface area (Å²) in [6.45, 7) is 4.15. The summed E-state index contributed by atoms with van der Waals surface area (Å²) < 4.78 is 0. The molecule has 1 aromatic carbocycles. The van der Waals surface area contributed by atoms with Gasteiger partial charge in [0.05, 0.1) is 17.8 Å². The maximum atomic E-state index is 11.2. The monoisotopic (exact) mass is 257 g/mol. The molecule has 19 heavy (non-hydrogen) atoms. The first-order valence-corrected chi connectivity index (χ1v) is 5.92. The van der Waals surface area contributed by atoms with Crippen LogP contribution in [0.2, 0.25) is 0 Å². The van der Waals surface area contributed by atoms with E-state index in [1.165, 1.54) is 0 Å². The summed E-state index contributed by atoms with van der Waals surface area (Å²) >= 11 is 0. The zero-order valence-corrected chi connectivity index (χ0v) is 10.8. The number of carboxylic acid groups (broad SMARTS) is 1. The Morgan fingerprint density at radius 1 is 1.32 bits per heavy atom. The van der Waals surface area contributed by atoms with Gasteiger partial charge in [-0.1, -0.05) is 11.6 Å². The first kappa shape index (κ1) is 13.0. The number of rotatable bonds is 4. The Bertz CT molecular complexity index is 611. The minimum absolute atomic E-state index is 0.269. The number of aryl methyl sites for hydroxylation is 2. The molecular weight excluding hydrogens is 242 g/mol. The van der Waals surface area contributed by atoms with Crippen LogP contribution in [0.1, 0.15) is 27.4 Å². The van der Waals surface area contributed by atoms with Crippen LogP contribution in [0.3, 0.4) is 0 Å². The standard InChI is InChI=1S/C14H15N3O2/c1-9-3-4-13(12(7-9)14(18)19)16-8-11-5-6-15-10(2)17-11/h3-7,16H,8H2,1-2H3,(H,18,19). The second-order valence-corrected chi connectivity index (χ2v) is 4.30. The largest absolute Gasteiger partial charge is 0.478 e. The molecule has 1 aromatic heterocycles. The minimum Gasteiger partial charge on any atom is -0.478 e. The highest BCUT2D eigenvalue weighted by Gasteiger charge is 2.10. The van der Waals surface area contributed by atoms with Crippen LogP contribution < -0.4 is 5.32 Å². The van der Waals surface area contributed by atoms with Crippen molar-refractivity contribution in [1.82, 2.24) is 9.97 Å². The summed E-state index contributed by atoms with van der Waals surface area (Å²) in [4.78, 5) is 19.5. The molecule has 0 bridgehead atoms. The van der Waals surface area contributed by atoms with Crippen LogP contribution >= 0.6 is 0 Å². The molecule has 0 fully saturated rings. The first-order chi connectivity index (χ1) is 9.06. The van der Waals surface area contributed by atoms with Crippen LogP contribution in [0.4, 0.5) is 5.69 Å². The summed E-state index contributed by atoms with van der Waals surface area (Å²) in [6, 6.07) is 7.09. The highest BCUT2D eigenvalue weighted by atomic mass is 16.4. The summed E-state index contributed by atoms with van der Waals surface area (Å²) in [6.07, 6.45) is 1.69. The van der Waals surface area contributed by atoms with Crippen molar-refractivity contribution in [2.45, 2.75) is 20.4 Å². The Morgan fingerprint density at radius 2 is 2.11 bits per heavy atom. The zero-order valence-electron chi connectivity index (χ0n) is 10.8. The Kier molecular flexibility index (Phi) is 3.75. The average molecular weight is 257 g/mol. The number of carboxylic acids is 1. The maximum Gasteiger partial charge on any atom is 0.337 e. The Hall–Kier alpha value is -2.43. The van der Waals surface area contributed by atoms with E-state index >= 15 is 0 Å². The molecule has 1 heterocycles. The highest BCUT2D eigenvalue weighted by molar-refractivity contribution is 5.94. The zero-order chi connectivity index (χ0) is 13.8. The van der Waals surface area contributed by atoms with Crippen molar-refractivity contribution in [3.63, 3.8) is 0 Å². The van der Waals surface area contributed by atoms with Gasteiger partial charge in [-0.15, -0.1) is 0 Å². The van der Waals surface area contributed by atoms with E-state index in [2.05, 4.69) is 15.3 Å². The third-order valence-electron chi connectivity index (χ3n) is 2.70. The van der Waals surface area contributed by atoms with Crippen molar-refractivity contribution < 1.29 is 9.90 Å². The van der Waals surface area contributed by atoms with E-state index in [0.717, 1.165) is 11.3 Å². The third-order valence-corrected chi connectivity index (χ3v) is 2.70. The number of benzene rings is 1. The number of hydrogen-bond donors (Lipinski definition) is 2. The summed E-state index contributed by atoms with van der Waals surface area (Å²) in [5.74, 6) is -0.244. The molecule has 0 atom stereocenters. The molecule has 2 N–H and O–H groups in total. The number of carbonyl (C=O) groups is 1. The van der Waals surface area contributed by atoms with Gasteiger partial charge >= 0.3 is 5.97 Å². The van der Waals surface area contributed by atoms with Gasteiger partial charge in [-0.25, -0.2) is 14.8 Å². The van der Waals surface area contributed by atoms with Crippen molar-refractivity contribution in [3.05, 3.63) is 53.1 Å². The molecule has 5 heteroatoms. The molecule has 0 saturated heterocycles. The van der Waals surface area contributed by atoms with Gasteiger partial charge in [0.2, 0.25) is 0 Å².